The summed E-state index contributed by atoms with van der Waals surface area (Å²) in [5.41, 5.74) is 0.951. The van der Waals surface area contributed by atoms with Crippen LogP contribution < -0.4 is 5.32 Å². The van der Waals surface area contributed by atoms with Gasteiger partial charge in [0.1, 0.15) is 0 Å². The van der Waals surface area contributed by atoms with Gasteiger partial charge >= 0.3 is 0 Å². The Hall–Kier alpha value is -1.76. The maximum atomic E-state index is 8.16. The van der Waals surface area contributed by atoms with Crippen LogP contribution in [-0.4, -0.2) is 0 Å². The van der Waals surface area contributed by atoms with Gasteiger partial charge in [0, 0.05) is 11.4 Å². The van der Waals surface area contributed by atoms with E-state index in [1.807, 2.05) is 51.1 Å². The molecule has 2 rings (SSSR count). The summed E-state index contributed by atoms with van der Waals surface area (Å²) in [6.07, 6.45) is 0. The SMILES string of the molecule is [2H]c1c([2H])c(C(C)(C)C)c([2H])c([2H])c1Nc1ccccc1. The van der Waals surface area contributed by atoms with Crippen molar-refractivity contribution in [3.05, 3.63) is 60.1 Å². The van der Waals surface area contributed by atoms with E-state index in [4.69, 9.17) is 5.48 Å². The summed E-state index contributed by atoms with van der Waals surface area (Å²) in [5.74, 6) is 0. The van der Waals surface area contributed by atoms with Crippen LogP contribution in [0.2, 0.25) is 0 Å². The van der Waals surface area contributed by atoms with Crippen LogP contribution in [0.15, 0.2) is 54.5 Å². The molecule has 17 heavy (non-hydrogen) atoms. The Morgan fingerprint density at radius 2 is 1.47 bits per heavy atom. The lowest BCUT2D eigenvalue weighted by molar-refractivity contribution is 0.590. The van der Waals surface area contributed by atoms with Crippen LogP contribution in [-0.2, 0) is 5.41 Å². The minimum atomic E-state index is -0.439. The molecule has 0 spiro atoms. The Morgan fingerprint density at radius 3 is 2.00 bits per heavy atom. The van der Waals surface area contributed by atoms with E-state index < -0.39 is 5.41 Å². The molecule has 0 aliphatic rings. The molecule has 0 amide bonds. The molecule has 1 N–H and O–H groups in total. The van der Waals surface area contributed by atoms with Gasteiger partial charge in [-0.1, -0.05) is 51.1 Å². The molecular formula is C16H19N. The average Bonchev–Trinajstić information content (AvgIpc) is 2.41. The zero-order valence-electron chi connectivity index (χ0n) is 14.4. The highest BCUT2D eigenvalue weighted by Gasteiger charge is 2.12. The van der Waals surface area contributed by atoms with E-state index in [0.29, 0.717) is 5.56 Å². The summed E-state index contributed by atoms with van der Waals surface area (Å²) in [4.78, 5) is 0. The number of para-hydroxylation sites is 1. The van der Waals surface area contributed by atoms with Gasteiger partial charge in [0.25, 0.3) is 0 Å². The molecule has 0 saturated carbocycles. The highest BCUT2D eigenvalue weighted by atomic mass is 14.9. The molecule has 0 unspecified atom stereocenters. The van der Waals surface area contributed by atoms with E-state index in [9.17, 15) is 0 Å². The molecule has 0 fully saturated rings. The molecule has 1 nitrogen and oxygen atoms in total. The quantitative estimate of drug-likeness (QED) is 0.785. The summed E-state index contributed by atoms with van der Waals surface area (Å²) in [6.45, 7) is 5.67. The Kier molecular flexibility index (Phi) is 2.05. The van der Waals surface area contributed by atoms with Gasteiger partial charge in [-0.25, -0.2) is 0 Å². The van der Waals surface area contributed by atoms with Gasteiger partial charge in [0.2, 0.25) is 0 Å². The van der Waals surface area contributed by atoms with Crippen LogP contribution >= 0.6 is 0 Å². The Balaban J connectivity index is 2.60. The van der Waals surface area contributed by atoms with Crippen molar-refractivity contribution in [2.24, 2.45) is 0 Å². The molecule has 0 radical (unpaired) electrons. The lowest BCUT2D eigenvalue weighted by Gasteiger charge is -2.19. The fourth-order valence-electron chi connectivity index (χ4n) is 1.42. The second-order valence-electron chi connectivity index (χ2n) is 4.99. The van der Waals surface area contributed by atoms with Crippen LogP contribution in [0, 0.1) is 0 Å². The Bertz CT molecular complexity index is 631. The van der Waals surface area contributed by atoms with Crippen LogP contribution in [0.3, 0.4) is 0 Å². The van der Waals surface area contributed by atoms with Crippen molar-refractivity contribution in [3.63, 3.8) is 0 Å². The van der Waals surface area contributed by atoms with Gasteiger partial charge < -0.3 is 5.32 Å². The lowest BCUT2D eigenvalue weighted by atomic mass is 9.87. The average molecular weight is 229 g/mol. The first-order valence-electron chi connectivity index (χ1n) is 7.66. The molecular weight excluding hydrogens is 206 g/mol. The van der Waals surface area contributed by atoms with E-state index in [-0.39, 0.29) is 29.9 Å². The third kappa shape index (κ3) is 3.10. The maximum absolute atomic E-state index is 8.16. The van der Waals surface area contributed by atoms with Gasteiger partial charge in [0.05, 0.1) is 5.48 Å². The number of anilines is 2. The van der Waals surface area contributed by atoms with Crippen LogP contribution in [0.25, 0.3) is 0 Å². The van der Waals surface area contributed by atoms with Crippen molar-refractivity contribution in [1.29, 1.82) is 0 Å². The first kappa shape index (κ1) is 7.54. The second kappa shape index (κ2) is 4.62. The smallest absolute Gasteiger partial charge is 0.0645 e. The van der Waals surface area contributed by atoms with E-state index in [1.165, 1.54) is 0 Å². The molecule has 2 aromatic carbocycles. The Labute approximate surface area is 109 Å². The third-order valence-electron chi connectivity index (χ3n) is 2.42. The predicted molar refractivity (Wildman–Crippen MR) is 74.9 cm³/mol. The van der Waals surface area contributed by atoms with E-state index in [2.05, 4.69) is 5.32 Å². The fraction of sp³-hybridized carbons (Fsp3) is 0.250. The first-order chi connectivity index (χ1) is 9.73. The van der Waals surface area contributed by atoms with E-state index in [0.717, 1.165) is 5.69 Å². The van der Waals surface area contributed by atoms with Crippen molar-refractivity contribution < 1.29 is 5.48 Å². The number of benzene rings is 2. The highest BCUT2D eigenvalue weighted by molar-refractivity contribution is 5.59. The van der Waals surface area contributed by atoms with Crippen LogP contribution in [0.1, 0.15) is 31.8 Å². The fourth-order valence-corrected chi connectivity index (χ4v) is 1.42. The largest absolute Gasteiger partial charge is 0.356 e. The normalized spacial score (nSPS) is 14.5. The van der Waals surface area contributed by atoms with Gasteiger partial charge in [-0.15, -0.1) is 0 Å². The molecule has 0 aliphatic carbocycles. The zero-order chi connectivity index (χ0) is 15.8. The highest BCUT2D eigenvalue weighted by Crippen LogP contribution is 2.24. The number of rotatable bonds is 2. The lowest BCUT2D eigenvalue weighted by Crippen LogP contribution is -2.10. The molecule has 0 atom stereocenters. The molecule has 0 heterocycles. The van der Waals surface area contributed by atoms with Gasteiger partial charge in [-0.2, -0.15) is 0 Å². The molecule has 0 aromatic heterocycles. The van der Waals surface area contributed by atoms with Crippen molar-refractivity contribution in [1.82, 2.24) is 0 Å². The van der Waals surface area contributed by atoms with Crippen molar-refractivity contribution in [2.75, 3.05) is 5.32 Å². The minimum Gasteiger partial charge on any atom is -0.356 e. The van der Waals surface area contributed by atoms with Crippen molar-refractivity contribution >= 4 is 11.4 Å². The molecule has 1 heteroatoms. The van der Waals surface area contributed by atoms with Crippen molar-refractivity contribution in [2.45, 2.75) is 26.2 Å². The zero-order valence-corrected chi connectivity index (χ0v) is 10.4. The predicted octanol–water partition coefficient (Wildman–Crippen LogP) is 4.73. The first-order valence-corrected chi connectivity index (χ1v) is 5.66. The van der Waals surface area contributed by atoms with E-state index in [1.54, 1.807) is 0 Å². The Morgan fingerprint density at radius 1 is 0.882 bits per heavy atom. The van der Waals surface area contributed by atoms with Crippen LogP contribution in [0.4, 0.5) is 11.4 Å². The molecule has 2 aromatic rings. The standard InChI is InChI=1S/C16H19N/c1-16(2,3)13-9-11-15(12-10-13)17-14-7-5-4-6-8-14/h4-12,17H,1-3H3/i9D,10D,11D,12D. The third-order valence-corrected chi connectivity index (χ3v) is 2.42. The summed E-state index contributed by atoms with van der Waals surface area (Å²) in [5, 5.41) is 2.99. The van der Waals surface area contributed by atoms with Gasteiger partial charge in [-0.3, -0.25) is 0 Å². The van der Waals surface area contributed by atoms with Gasteiger partial charge in [-0.05, 0) is 35.2 Å². The topological polar surface area (TPSA) is 12.0 Å². The summed E-state index contributed by atoms with van der Waals surface area (Å²) < 4.78 is 32.6. The monoisotopic (exact) mass is 229 g/mol. The molecule has 88 valence electrons. The number of hydrogen-bond acceptors (Lipinski definition) is 1. The van der Waals surface area contributed by atoms with Crippen molar-refractivity contribution in [3.8, 4) is 0 Å². The maximum Gasteiger partial charge on any atom is 0.0645 e. The second-order valence-corrected chi connectivity index (χ2v) is 4.99. The minimum absolute atomic E-state index is 0.0157. The van der Waals surface area contributed by atoms with Gasteiger partial charge in [0.15, 0.2) is 0 Å². The van der Waals surface area contributed by atoms with E-state index >= 15 is 0 Å². The summed E-state index contributed by atoms with van der Waals surface area (Å²) >= 11 is 0. The number of nitrogens with one attached hydrogen (secondary N) is 1. The summed E-state index contributed by atoms with van der Waals surface area (Å²) in [7, 11) is 0. The molecule has 0 saturated heterocycles. The number of hydrogen-bond donors (Lipinski definition) is 1. The van der Waals surface area contributed by atoms with Crippen LogP contribution in [0.5, 0.6) is 0 Å². The molecule has 0 bridgehead atoms. The molecule has 0 aliphatic heterocycles. The summed E-state index contributed by atoms with van der Waals surface area (Å²) in [6, 6.07) is 9.18.